The number of aromatic nitrogens is 2. The molecule has 2 aromatic rings. The third-order valence-corrected chi connectivity index (χ3v) is 7.40. The summed E-state index contributed by atoms with van der Waals surface area (Å²) in [4.78, 5) is 22.3. The molecule has 1 aromatic carbocycles. The van der Waals surface area contributed by atoms with Gasteiger partial charge in [0.05, 0.1) is 4.92 Å². The van der Waals surface area contributed by atoms with Crippen molar-refractivity contribution in [3.8, 4) is 5.75 Å². The van der Waals surface area contributed by atoms with Gasteiger partial charge in [0, 0.05) is 38.4 Å². The molecule has 1 aromatic heterocycles. The van der Waals surface area contributed by atoms with Gasteiger partial charge >= 0.3 is 6.16 Å². The molecule has 174 valence electrons. The van der Waals surface area contributed by atoms with Gasteiger partial charge in [0.15, 0.2) is 0 Å². The number of nitrogens with zero attached hydrogens (tertiary/aromatic N) is 3. The number of ether oxygens (including phenoxy) is 3. The number of hydrogen-bond acceptors (Lipinski definition) is 7. The first kappa shape index (κ1) is 24.4. The highest BCUT2D eigenvalue weighted by Crippen LogP contribution is 2.37. The summed E-state index contributed by atoms with van der Waals surface area (Å²) in [5.74, 6) is 0.402. The van der Waals surface area contributed by atoms with E-state index in [1.54, 1.807) is 0 Å². The lowest BCUT2D eigenvalue weighted by molar-refractivity contribution is -0.384. The van der Waals surface area contributed by atoms with Crippen molar-refractivity contribution in [1.29, 1.82) is 0 Å². The molecule has 0 bridgehead atoms. The summed E-state index contributed by atoms with van der Waals surface area (Å²) in [5.41, 5.74) is 0.983. The van der Waals surface area contributed by atoms with Gasteiger partial charge in [-0.3, -0.25) is 10.1 Å². The standard InChI is InChI=1S/C21H28BrN3O6Si/c1-32(2,3)11-10-29-14-24-19(13-20(22)23-24)15-4-7-18(12-15)31-21(26)30-17-8-5-16(6-9-17)25(27)28/h5-6,8-9,13,15,18H,4,7,10-12,14H2,1-3H3/t15-,18+/m0/s1. The van der Waals surface area contributed by atoms with Crippen molar-refractivity contribution in [1.82, 2.24) is 9.78 Å². The fourth-order valence-electron chi connectivity index (χ4n) is 3.57. The molecule has 0 saturated heterocycles. The van der Waals surface area contributed by atoms with Crippen LogP contribution in [-0.2, 0) is 16.2 Å². The quantitative estimate of drug-likeness (QED) is 0.103. The van der Waals surface area contributed by atoms with Crippen LogP contribution in [0.2, 0.25) is 25.7 Å². The first-order chi connectivity index (χ1) is 15.1. The van der Waals surface area contributed by atoms with Crippen LogP contribution >= 0.6 is 15.9 Å². The van der Waals surface area contributed by atoms with Gasteiger partial charge in [-0.05, 0) is 59.4 Å². The van der Waals surface area contributed by atoms with E-state index in [2.05, 4.69) is 40.7 Å². The van der Waals surface area contributed by atoms with Crippen LogP contribution in [0.3, 0.4) is 0 Å². The molecular weight excluding hydrogens is 498 g/mol. The van der Waals surface area contributed by atoms with E-state index in [-0.39, 0.29) is 23.5 Å². The molecule has 1 heterocycles. The minimum atomic E-state index is -1.14. The lowest BCUT2D eigenvalue weighted by atomic mass is 10.0. The highest BCUT2D eigenvalue weighted by molar-refractivity contribution is 9.10. The zero-order valence-electron chi connectivity index (χ0n) is 18.5. The molecule has 1 aliphatic carbocycles. The van der Waals surface area contributed by atoms with Gasteiger partial charge in [0.25, 0.3) is 5.69 Å². The molecule has 0 aliphatic heterocycles. The van der Waals surface area contributed by atoms with Gasteiger partial charge in [-0.1, -0.05) is 19.6 Å². The molecule has 9 nitrogen and oxygen atoms in total. The molecule has 32 heavy (non-hydrogen) atoms. The molecule has 2 atom stereocenters. The number of halogens is 1. The van der Waals surface area contributed by atoms with Crippen LogP contribution in [0.5, 0.6) is 5.75 Å². The summed E-state index contributed by atoms with van der Waals surface area (Å²) in [6.45, 7) is 8.07. The fraction of sp³-hybridized carbons (Fsp3) is 0.524. The number of carbonyl (C=O) groups excluding carboxylic acids is 1. The van der Waals surface area contributed by atoms with Crippen molar-refractivity contribution in [3.05, 3.63) is 50.7 Å². The van der Waals surface area contributed by atoms with E-state index in [1.165, 1.54) is 24.3 Å². The number of nitro benzene ring substituents is 1. The van der Waals surface area contributed by atoms with E-state index in [1.807, 2.05) is 10.7 Å². The SMILES string of the molecule is C[Si](C)(C)CCOCn1nc(Br)cc1[C@H]1CC[C@@H](OC(=O)Oc2ccc([N+](=O)[O-])cc2)C1. The summed E-state index contributed by atoms with van der Waals surface area (Å²) < 4.78 is 19.1. The van der Waals surface area contributed by atoms with E-state index in [4.69, 9.17) is 14.2 Å². The van der Waals surface area contributed by atoms with E-state index < -0.39 is 19.2 Å². The highest BCUT2D eigenvalue weighted by atomic mass is 79.9. The maximum atomic E-state index is 12.1. The summed E-state index contributed by atoms with van der Waals surface area (Å²) in [5, 5.41) is 15.2. The maximum Gasteiger partial charge on any atom is 0.514 e. The molecule has 1 saturated carbocycles. The summed E-state index contributed by atoms with van der Waals surface area (Å²) in [6, 6.07) is 8.38. The lowest BCUT2D eigenvalue weighted by Crippen LogP contribution is -2.22. The lowest BCUT2D eigenvalue weighted by Gasteiger charge is -2.17. The summed E-state index contributed by atoms with van der Waals surface area (Å²) in [7, 11) is -1.14. The van der Waals surface area contributed by atoms with Crippen molar-refractivity contribution in [2.45, 2.75) is 63.7 Å². The van der Waals surface area contributed by atoms with Crippen LogP contribution < -0.4 is 4.74 Å². The largest absolute Gasteiger partial charge is 0.514 e. The molecular formula is C21H28BrN3O6Si. The highest BCUT2D eigenvalue weighted by Gasteiger charge is 2.31. The smallest absolute Gasteiger partial charge is 0.431 e. The van der Waals surface area contributed by atoms with Gasteiger partial charge in [-0.2, -0.15) is 5.10 Å². The van der Waals surface area contributed by atoms with Crippen molar-refractivity contribution >= 4 is 35.8 Å². The Morgan fingerprint density at radius 3 is 2.66 bits per heavy atom. The first-order valence-corrected chi connectivity index (χ1v) is 15.0. The number of nitro groups is 1. The second-order valence-corrected chi connectivity index (χ2v) is 15.5. The van der Waals surface area contributed by atoms with Crippen molar-refractivity contribution in [2.75, 3.05) is 6.61 Å². The second-order valence-electron chi connectivity index (χ2n) is 9.09. The normalized spacial score (nSPS) is 18.5. The number of benzene rings is 1. The third-order valence-electron chi connectivity index (χ3n) is 5.31. The molecule has 0 radical (unpaired) electrons. The average Bonchev–Trinajstić information content (AvgIpc) is 3.31. The van der Waals surface area contributed by atoms with E-state index in [0.717, 1.165) is 35.8 Å². The molecule has 11 heteroatoms. The van der Waals surface area contributed by atoms with Crippen LogP contribution in [0.1, 0.15) is 30.9 Å². The van der Waals surface area contributed by atoms with Crippen LogP contribution in [0.15, 0.2) is 34.9 Å². The summed E-state index contributed by atoms with van der Waals surface area (Å²) in [6.07, 6.45) is 1.18. The van der Waals surface area contributed by atoms with Gasteiger partial charge < -0.3 is 14.2 Å². The number of carbonyl (C=O) groups is 1. The molecule has 1 aliphatic rings. The predicted octanol–water partition coefficient (Wildman–Crippen LogP) is 5.72. The Bertz CT molecular complexity index is 944. The van der Waals surface area contributed by atoms with Crippen LogP contribution in [0.25, 0.3) is 0 Å². The number of hydrogen-bond donors (Lipinski definition) is 0. The van der Waals surface area contributed by atoms with Crippen LogP contribution in [0.4, 0.5) is 10.5 Å². The Morgan fingerprint density at radius 1 is 1.28 bits per heavy atom. The van der Waals surface area contributed by atoms with Crippen molar-refractivity contribution in [2.24, 2.45) is 0 Å². The molecule has 0 spiro atoms. The maximum absolute atomic E-state index is 12.1. The van der Waals surface area contributed by atoms with Gasteiger partial charge in [0.1, 0.15) is 23.2 Å². The van der Waals surface area contributed by atoms with Crippen molar-refractivity contribution < 1.29 is 23.9 Å². The fourth-order valence-corrected chi connectivity index (χ4v) is 4.75. The van der Waals surface area contributed by atoms with Crippen LogP contribution in [-0.4, -0.2) is 41.6 Å². The van der Waals surface area contributed by atoms with Gasteiger partial charge in [0.2, 0.25) is 0 Å². The van der Waals surface area contributed by atoms with E-state index >= 15 is 0 Å². The second kappa shape index (κ2) is 10.6. The number of rotatable bonds is 9. The Balaban J connectivity index is 1.50. The molecule has 0 amide bonds. The molecule has 0 N–H and O–H groups in total. The first-order valence-electron chi connectivity index (χ1n) is 10.5. The van der Waals surface area contributed by atoms with E-state index in [9.17, 15) is 14.9 Å². The minimum Gasteiger partial charge on any atom is -0.431 e. The Labute approximate surface area is 196 Å². The predicted molar refractivity (Wildman–Crippen MR) is 125 cm³/mol. The molecule has 1 fully saturated rings. The zero-order valence-corrected chi connectivity index (χ0v) is 21.0. The molecule has 0 unspecified atom stereocenters. The average molecular weight is 526 g/mol. The zero-order chi connectivity index (χ0) is 23.3. The van der Waals surface area contributed by atoms with Gasteiger partial charge in [-0.25, -0.2) is 9.48 Å². The Kier molecular flexibility index (Phi) is 8.07. The Hall–Kier alpha value is -2.24. The van der Waals surface area contributed by atoms with Gasteiger partial charge in [-0.15, -0.1) is 0 Å². The van der Waals surface area contributed by atoms with E-state index in [0.29, 0.717) is 13.2 Å². The monoisotopic (exact) mass is 525 g/mol. The minimum absolute atomic E-state index is 0.0726. The Morgan fingerprint density at radius 2 is 2.00 bits per heavy atom. The topological polar surface area (TPSA) is 106 Å². The third kappa shape index (κ3) is 7.14. The molecule has 3 rings (SSSR count). The number of non-ortho nitro benzene ring substituents is 1. The van der Waals surface area contributed by atoms with Crippen molar-refractivity contribution in [3.63, 3.8) is 0 Å². The summed E-state index contributed by atoms with van der Waals surface area (Å²) >= 11 is 3.45. The van der Waals surface area contributed by atoms with Crippen LogP contribution in [0, 0.1) is 10.1 Å².